The zero-order valence-corrected chi connectivity index (χ0v) is 9.73. The van der Waals surface area contributed by atoms with Crippen LogP contribution in [-0.2, 0) is 0 Å². The van der Waals surface area contributed by atoms with Gasteiger partial charge in [-0.1, -0.05) is 12.2 Å². The Morgan fingerprint density at radius 3 is 2.71 bits per heavy atom. The Morgan fingerprint density at radius 1 is 1.29 bits per heavy atom. The highest BCUT2D eigenvalue weighted by Gasteiger charge is 2.25. The zero-order chi connectivity index (χ0) is 12.3. The summed E-state index contributed by atoms with van der Waals surface area (Å²) in [5.41, 5.74) is 0.766. The number of aliphatic hydroxyl groups is 1. The Balaban J connectivity index is 2.55. The second kappa shape index (κ2) is 4.97. The van der Waals surface area contributed by atoms with E-state index in [1.54, 1.807) is 32.4 Å². The van der Waals surface area contributed by atoms with Gasteiger partial charge >= 0.3 is 0 Å². The molecule has 2 rings (SSSR count). The summed E-state index contributed by atoms with van der Waals surface area (Å²) in [5, 5.41) is 8.80. The van der Waals surface area contributed by atoms with Crippen LogP contribution >= 0.6 is 0 Å². The van der Waals surface area contributed by atoms with Crippen molar-refractivity contribution in [2.45, 2.75) is 0 Å². The molecule has 1 aliphatic rings. The van der Waals surface area contributed by atoms with Crippen LogP contribution in [0.25, 0.3) is 6.08 Å². The van der Waals surface area contributed by atoms with Crippen LogP contribution in [0.15, 0.2) is 12.1 Å². The Morgan fingerprint density at radius 2 is 2.06 bits per heavy atom. The Kier molecular flexibility index (Phi) is 3.39. The summed E-state index contributed by atoms with van der Waals surface area (Å²) in [4.78, 5) is 0. The van der Waals surface area contributed by atoms with E-state index in [4.69, 9.17) is 24.1 Å². The van der Waals surface area contributed by atoms with Crippen LogP contribution in [0, 0.1) is 0 Å². The lowest BCUT2D eigenvalue weighted by Gasteiger charge is -2.12. The summed E-state index contributed by atoms with van der Waals surface area (Å²) in [5.74, 6) is 2.22. The van der Waals surface area contributed by atoms with E-state index < -0.39 is 0 Å². The molecule has 1 aliphatic heterocycles. The predicted octanol–water partition coefficient (Wildman–Crippen LogP) is 1.44. The van der Waals surface area contributed by atoms with Crippen molar-refractivity contribution in [3.05, 3.63) is 17.7 Å². The molecule has 1 N–H and O–H groups in total. The van der Waals surface area contributed by atoms with Gasteiger partial charge in [0.2, 0.25) is 18.3 Å². The topological polar surface area (TPSA) is 57.2 Å². The second-order valence-corrected chi connectivity index (χ2v) is 3.35. The van der Waals surface area contributed by atoms with Gasteiger partial charge in [0.1, 0.15) is 0 Å². The fraction of sp³-hybridized carbons (Fsp3) is 0.333. The summed E-state index contributed by atoms with van der Waals surface area (Å²) in [7, 11) is 3.09. The van der Waals surface area contributed by atoms with Crippen LogP contribution in [0.3, 0.4) is 0 Å². The van der Waals surface area contributed by atoms with E-state index in [1.165, 1.54) is 0 Å². The second-order valence-electron chi connectivity index (χ2n) is 3.35. The van der Waals surface area contributed by atoms with Gasteiger partial charge < -0.3 is 24.1 Å². The largest absolute Gasteiger partial charge is 0.492 e. The van der Waals surface area contributed by atoms with E-state index in [1.807, 2.05) is 0 Å². The molecular formula is C12H14O5. The summed E-state index contributed by atoms with van der Waals surface area (Å²) < 4.78 is 21.2. The first-order valence-electron chi connectivity index (χ1n) is 5.13. The molecule has 0 radical (unpaired) electrons. The summed E-state index contributed by atoms with van der Waals surface area (Å²) in [6.07, 6.45) is 3.35. The third-order valence-corrected chi connectivity index (χ3v) is 2.41. The molecule has 5 heteroatoms. The minimum Gasteiger partial charge on any atom is -0.492 e. The number of ether oxygens (including phenoxy) is 4. The smallest absolute Gasteiger partial charge is 0.231 e. The lowest BCUT2D eigenvalue weighted by atomic mass is 10.1. The Labute approximate surface area is 99.2 Å². The molecule has 0 amide bonds. The highest BCUT2D eigenvalue weighted by Crippen LogP contribution is 2.49. The number of rotatable bonds is 4. The Bertz CT molecular complexity index is 439. The highest BCUT2D eigenvalue weighted by molar-refractivity contribution is 5.71. The van der Waals surface area contributed by atoms with Crippen molar-refractivity contribution in [1.82, 2.24) is 0 Å². The molecule has 0 saturated carbocycles. The van der Waals surface area contributed by atoms with Crippen molar-refractivity contribution in [2.75, 3.05) is 27.6 Å². The molecule has 0 fully saturated rings. The van der Waals surface area contributed by atoms with Gasteiger partial charge in [0, 0.05) is 5.56 Å². The van der Waals surface area contributed by atoms with Gasteiger partial charge in [-0.15, -0.1) is 0 Å². The summed E-state index contributed by atoms with van der Waals surface area (Å²) in [6.45, 7) is 0.127. The molecule has 1 heterocycles. The molecule has 0 aliphatic carbocycles. The number of aliphatic hydroxyl groups excluding tert-OH is 1. The van der Waals surface area contributed by atoms with E-state index in [-0.39, 0.29) is 13.4 Å². The third-order valence-electron chi connectivity index (χ3n) is 2.41. The maximum Gasteiger partial charge on any atom is 0.231 e. The first kappa shape index (κ1) is 11.6. The summed E-state index contributed by atoms with van der Waals surface area (Å²) >= 11 is 0. The maximum atomic E-state index is 8.80. The van der Waals surface area contributed by atoms with Gasteiger partial charge in [0.25, 0.3) is 0 Å². The van der Waals surface area contributed by atoms with Gasteiger partial charge in [-0.3, -0.25) is 0 Å². The van der Waals surface area contributed by atoms with Gasteiger partial charge in [0.05, 0.1) is 20.8 Å². The molecule has 0 saturated heterocycles. The molecule has 0 aromatic heterocycles. The van der Waals surface area contributed by atoms with E-state index in [0.29, 0.717) is 23.0 Å². The Hall–Kier alpha value is -1.88. The number of hydrogen-bond acceptors (Lipinski definition) is 5. The predicted molar refractivity (Wildman–Crippen MR) is 61.8 cm³/mol. The lowest BCUT2D eigenvalue weighted by Crippen LogP contribution is -1.96. The van der Waals surface area contributed by atoms with Gasteiger partial charge in [-0.25, -0.2) is 0 Å². The quantitative estimate of drug-likeness (QED) is 0.860. The van der Waals surface area contributed by atoms with Crippen molar-refractivity contribution in [1.29, 1.82) is 0 Å². The summed E-state index contributed by atoms with van der Waals surface area (Å²) in [6, 6.07) is 1.79. The fourth-order valence-corrected chi connectivity index (χ4v) is 1.71. The van der Waals surface area contributed by atoms with Crippen LogP contribution in [0.2, 0.25) is 0 Å². The van der Waals surface area contributed by atoms with Gasteiger partial charge in [0.15, 0.2) is 11.5 Å². The average Bonchev–Trinajstić information content (AvgIpc) is 2.81. The number of benzene rings is 1. The van der Waals surface area contributed by atoms with Crippen LogP contribution < -0.4 is 18.9 Å². The average molecular weight is 238 g/mol. The molecule has 5 nitrogen and oxygen atoms in total. The molecule has 1 aromatic carbocycles. The molecule has 0 atom stereocenters. The van der Waals surface area contributed by atoms with Crippen molar-refractivity contribution in [3.8, 4) is 23.0 Å². The van der Waals surface area contributed by atoms with Crippen molar-refractivity contribution < 1.29 is 24.1 Å². The molecule has 0 bridgehead atoms. The maximum absolute atomic E-state index is 8.80. The SMILES string of the molecule is COc1c(/C=C\CO)cc2c(c1OC)OCO2. The van der Waals surface area contributed by atoms with Crippen LogP contribution in [0.5, 0.6) is 23.0 Å². The van der Waals surface area contributed by atoms with Crippen molar-refractivity contribution in [2.24, 2.45) is 0 Å². The fourth-order valence-electron chi connectivity index (χ4n) is 1.71. The number of methoxy groups -OCH3 is 2. The van der Waals surface area contributed by atoms with Crippen LogP contribution in [-0.4, -0.2) is 32.7 Å². The monoisotopic (exact) mass is 238 g/mol. The third kappa shape index (κ3) is 2.01. The molecule has 0 spiro atoms. The standard InChI is InChI=1S/C12H14O5/c1-14-10-8(4-3-5-13)6-9-11(12(10)15-2)17-7-16-9/h3-4,6,13H,5,7H2,1-2H3/b4-3-. The van der Waals surface area contributed by atoms with E-state index in [9.17, 15) is 0 Å². The van der Waals surface area contributed by atoms with E-state index >= 15 is 0 Å². The van der Waals surface area contributed by atoms with Crippen LogP contribution in [0.1, 0.15) is 5.56 Å². The minimum atomic E-state index is -0.0418. The molecule has 1 aromatic rings. The van der Waals surface area contributed by atoms with E-state index in [0.717, 1.165) is 5.56 Å². The zero-order valence-electron chi connectivity index (χ0n) is 9.73. The van der Waals surface area contributed by atoms with Gasteiger partial charge in [-0.05, 0) is 6.07 Å². The molecule has 17 heavy (non-hydrogen) atoms. The van der Waals surface area contributed by atoms with E-state index in [2.05, 4.69) is 0 Å². The van der Waals surface area contributed by atoms with Crippen molar-refractivity contribution >= 4 is 6.08 Å². The molecule has 0 unspecified atom stereocenters. The van der Waals surface area contributed by atoms with Crippen molar-refractivity contribution in [3.63, 3.8) is 0 Å². The first-order valence-corrected chi connectivity index (χ1v) is 5.13. The first-order chi connectivity index (χ1) is 8.31. The number of hydrogen-bond donors (Lipinski definition) is 1. The number of fused-ring (bicyclic) bond motifs is 1. The molecule has 92 valence electrons. The minimum absolute atomic E-state index is 0.0418. The lowest BCUT2D eigenvalue weighted by molar-refractivity contribution is 0.170. The molecular weight excluding hydrogens is 224 g/mol. The normalized spacial score (nSPS) is 13.1. The van der Waals surface area contributed by atoms with Crippen LogP contribution in [0.4, 0.5) is 0 Å². The highest BCUT2D eigenvalue weighted by atomic mass is 16.7. The van der Waals surface area contributed by atoms with Gasteiger partial charge in [-0.2, -0.15) is 0 Å².